The minimum atomic E-state index is -0.117. The van der Waals surface area contributed by atoms with Gasteiger partial charge in [0, 0.05) is 11.1 Å². The van der Waals surface area contributed by atoms with Crippen molar-refractivity contribution in [2.75, 3.05) is 0 Å². The molecule has 0 unspecified atom stereocenters. The molecular weight excluding hydrogens is 279 g/mol. The maximum Gasteiger partial charge on any atom is 0.194 e. The van der Waals surface area contributed by atoms with Gasteiger partial charge in [0.1, 0.15) is 0 Å². The van der Waals surface area contributed by atoms with Gasteiger partial charge in [-0.05, 0) is 12.1 Å². The molecule has 88 valence electrons. The van der Waals surface area contributed by atoms with Gasteiger partial charge < -0.3 is 0 Å². The predicted octanol–water partition coefficient (Wildman–Crippen LogP) is 4.65. The predicted molar refractivity (Wildman–Crippen MR) is 73.6 cm³/mol. The van der Waals surface area contributed by atoms with E-state index in [1.807, 2.05) is 18.2 Å². The second-order valence-corrected chi connectivity index (χ2v) is 4.08. The van der Waals surface area contributed by atoms with E-state index in [2.05, 4.69) is 0 Å². The highest BCUT2D eigenvalue weighted by atomic mass is 35.5. The summed E-state index contributed by atoms with van der Waals surface area (Å²) < 4.78 is 0. The molecule has 0 atom stereocenters. The van der Waals surface area contributed by atoms with Crippen LogP contribution in [0.5, 0.6) is 0 Å². The lowest BCUT2D eigenvalue weighted by molar-refractivity contribution is 0.103. The van der Waals surface area contributed by atoms with Crippen molar-refractivity contribution in [3.8, 4) is 0 Å². The number of ketones is 1. The van der Waals surface area contributed by atoms with E-state index in [-0.39, 0.29) is 18.2 Å². The SMILES string of the molecule is Cl.O=C(c1ccccc1)c1cccc(Cl)c1Cl. The van der Waals surface area contributed by atoms with Crippen LogP contribution in [0.2, 0.25) is 10.0 Å². The number of benzene rings is 2. The van der Waals surface area contributed by atoms with Gasteiger partial charge in [-0.15, -0.1) is 12.4 Å². The summed E-state index contributed by atoms with van der Waals surface area (Å²) in [5.74, 6) is -0.117. The highest BCUT2D eigenvalue weighted by Crippen LogP contribution is 2.27. The van der Waals surface area contributed by atoms with Gasteiger partial charge in [0.05, 0.1) is 10.0 Å². The van der Waals surface area contributed by atoms with E-state index >= 15 is 0 Å². The number of hydrogen-bond donors (Lipinski definition) is 0. The second-order valence-electron chi connectivity index (χ2n) is 3.30. The van der Waals surface area contributed by atoms with Gasteiger partial charge in [0.15, 0.2) is 5.78 Å². The molecule has 0 aromatic heterocycles. The summed E-state index contributed by atoms with van der Waals surface area (Å²) in [6.45, 7) is 0. The first-order valence-electron chi connectivity index (χ1n) is 4.74. The summed E-state index contributed by atoms with van der Waals surface area (Å²) in [6.07, 6.45) is 0. The number of hydrogen-bond acceptors (Lipinski definition) is 1. The zero-order valence-electron chi connectivity index (χ0n) is 8.69. The Hall–Kier alpha value is -1.02. The third-order valence-electron chi connectivity index (χ3n) is 2.23. The molecule has 2 rings (SSSR count). The zero-order chi connectivity index (χ0) is 11.5. The molecule has 0 aliphatic rings. The van der Waals surface area contributed by atoms with E-state index in [1.165, 1.54) is 0 Å². The quantitative estimate of drug-likeness (QED) is 0.735. The molecule has 17 heavy (non-hydrogen) atoms. The van der Waals surface area contributed by atoms with Gasteiger partial charge in [0.25, 0.3) is 0 Å². The maximum absolute atomic E-state index is 12.1. The number of rotatable bonds is 2. The van der Waals surface area contributed by atoms with Crippen LogP contribution in [0, 0.1) is 0 Å². The third kappa shape index (κ3) is 3.01. The van der Waals surface area contributed by atoms with Gasteiger partial charge in [-0.3, -0.25) is 4.79 Å². The summed E-state index contributed by atoms with van der Waals surface area (Å²) in [7, 11) is 0. The fourth-order valence-electron chi connectivity index (χ4n) is 1.42. The van der Waals surface area contributed by atoms with Crippen LogP contribution >= 0.6 is 35.6 Å². The number of halogens is 3. The minimum absolute atomic E-state index is 0. The summed E-state index contributed by atoms with van der Waals surface area (Å²) in [5.41, 5.74) is 1.03. The number of carbonyl (C=O) groups excluding carboxylic acids is 1. The Bertz CT molecular complexity index is 523. The second kappa shape index (κ2) is 6.06. The van der Waals surface area contributed by atoms with Crippen molar-refractivity contribution < 1.29 is 4.79 Å². The molecule has 4 heteroatoms. The van der Waals surface area contributed by atoms with Gasteiger partial charge >= 0.3 is 0 Å². The van der Waals surface area contributed by atoms with E-state index < -0.39 is 0 Å². The van der Waals surface area contributed by atoms with Crippen LogP contribution in [0.15, 0.2) is 48.5 Å². The molecule has 0 aliphatic heterocycles. The van der Waals surface area contributed by atoms with Crippen LogP contribution in [0.25, 0.3) is 0 Å². The standard InChI is InChI=1S/C13H8Cl2O.ClH/c14-11-8-4-7-10(12(11)15)13(16)9-5-2-1-3-6-9;/h1-8H;1H. The van der Waals surface area contributed by atoms with Crippen LogP contribution in [-0.2, 0) is 0 Å². The van der Waals surface area contributed by atoms with E-state index in [0.29, 0.717) is 21.2 Å². The average Bonchev–Trinajstić information content (AvgIpc) is 2.33. The summed E-state index contributed by atoms with van der Waals surface area (Å²) >= 11 is 11.8. The molecule has 0 bridgehead atoms. The fraction of sp³-hybridized carbons (Fsp3) is 0. The molecule has 0 radical (unpaired) electrons. The largest absolute Gasteiger partial charge is 0.289 e. The molecule has 0 spiro atoms. The highest BCUT2D eigenvalue weighted by molar-refractivity contribution is 6.44. The molecule has 0 amide bonds. The molecule has 2 aromatic carbocycles. The first kappa shape index (κ1) is 14.0. The van der Waals surface area contributed by atoms with E-state index in [1.54, 1.807) is 30.3 Å². The molecule has 0 saturated carbocycles. The van der Waals surface area contributed by atoms with Crippen molar-refractivity contribution in [1.82, 2.24) is 0 Å². The van der Waals surface area contributed by atoms with Crippen molar-refractivity contribution in [2.45, 2.75) is 0 Å². The first-order chi connectivity index (χ1) is 7.70. The average molecular weight is 288 g/mol. The number of carbonyl (C=O) groups is 1. The minimum Gasteiger partial charge on any atom is -0.289 e. The Labute approximate surface area is 116 Å². The van der Waals surface area contributed by atoms with Gasteiger partial charge in [-0.1, -0.05) is 59.6 Å². The normalized spacial score (nSPS) is 9.53. The van der Waals surface area contributed by atoms with Gasteiger partial charge in [-0.2, -0.15) is 0 Å². The van der Waals surface area contributed by atoms with Crippen molar-refractivity contribution in [2.24, 2.45) is 0 Å². The van der Waals surface area contributed by atoms with Crippen LogP contribution in [0.3, 0.4) is 0 Å². The molecule has 0 saturated heterocycles. The van der Waals surface area contributed by atoms with Crippen LogP contribution in [0.4, 0.5) is 0 Å². The molecule has 0 heterocycles. The van der Waals surface area contributed by atoms with Crippen molar-refractivity contribution >= 4 is 41.4 Å². The Morgan fingerprint density at radius 3 is 2.18 bits per heavy atom. The highest BCUT2D eigenvalue weighted by Gasteiger charge is 2.13. The fourth-order valence-corrected chi connectivity index (χ4v) is 1.81. The maximum atomic E-state index is 12.1. The van der Waals surface area contributed by atoms with E-state index in [4.69, 9.17) is 23.2 Å². The van der Waals surface area contributed by atoms with Crippen LogP contribution < -0.4 is 0 Å². The molecular formula is C13H9Cl3O. The van der Waals surface area contributed by atoms with Crippen molar-refractivity contribution in [3.63, 3.8) is 0 Å². The molecule has 0 aliphatic carbocycles. The Morgan fingerprint density at radius 2 is 1.53 bits per heavy atom. The molecule has 1 nitrogen and oxygen atoms in total. The van der Waals surface area contributed by atoms with Crippen LogP contribution in [0.1, 0.15) is 15.9 Å². The summed E-state index contributed by atoms with van der Waals surface area (Å²) in [5, 5.41) is 0.696. The third-order valence-corrected chi connectivity index (χ3v) is 3.05. The Morgan fingerprint density at radius 1 is 0.882 bits per heavy atom. The zero-order valence-corrected chi connectivity index (χ0v) is 11.0. The van der Waals surface area contributed by atoms with Crippen LogP contribution in [-0.4, -0.2) is 5.78 Å². The smallest absolute Gasteiger partial charge is 0.194 e. The molecule has 0 fully saturated rings. The van der Waals surface area contributed by atoms with Gasteiger partial charge in [0.2, 0.25) is 0 Å². The van der Waals surface area contributed by atoms with Gasteiger partial charge in [-0.25, -0.2) is 0 Å². The first-order valence-corrected chi connectivity index (χ1v) is 5.49. The topological polar surface area (TPSA) is 17.1 Å². The van der Waals surface area contributed by atoms with Crippen molar-refractivity contribution in [3.05, 3.63) is 69.7 Å². The molecule has 0 N–H and O–H groups in total. The lowest BCUT2D eigenvalue weighted by atomic mass is 10.0. The van der Waals surface area contributed by atoms with E-state index in [9.17, 15) is 4.79 Å². The Kier molecular flexibility index (Phi) is 5.01. The Balaban J connectivity index is 0.00000144. The monoisotopic (exact) mass is 286 g/mol. The summed E-state index contributed by atoms with van der Waals surface area (Å²) in [4.78, 5) is 12.1. The summed E-state index contributed by atoms with van der Waals surface area (Å²) in [6, 6.07) is 14.0. The molecule has 2 aromatic rings. The van der Waals surface area contributed by atoms with E-state index in [0.717, 1.165) is 0 Å². The lowest BCUT2D eigenvalue weighted by Gasteiger charge is -2.04. The lowest BCUT2D eigenvalue weighted by Crippen LogP contribution is -2.01. The van der Waals surface area contributed by atoms with Crippen molar-refractivity contribution in [1.29, 1.82) is 0 Å².